The number of nitrogens with zero attached hydrogens (tertiary/aromatic N) is 1. The van der Waals surface area contributed by atoms with Gasteiger partial charge in [0.25, 0.3) is 0 Å². The molecule has 0 saturated heterocycles. The van der Waals surface area contributed by atoms with Gasteiger partial charge in [-0.1, -0.05) is 6.58 Å². The normalized spacial score (nSPS) is 10.8. The molecular weight excluding hydrogens is 130 g/mol. The zero-order chi connectivity index (χ0) is 8.15. The number of carboxylic acid groups (broad SMARTS) is 1. The van der Waals surface area contributed by atoms with E-state index in [-0.39, 0.29) is 0 Å². The summed E-state index contributed by atoms with van der Waals surface area (Å²) in [5.74, 6) is -0.909. The number of carbonyl (C=O) groups is 1. The van der Waals surface area contributed by atoms with E-state index in [4.69, 9.17) is 5.11 Å². The first-order valence-corrected chi connectivity index (χ1v) is 2.84. The van der Waals surface area contributed by atoms with Gasteiger partial charge in [0.15, 0.2) is 0 Å². The predicted octanol–water partition coefficient (Wildman–Crippen LogP) is 1.05. The first-order valence-electron chi connectivity index (χ1n) is 2.84. The van der Waals surface area contributed by atoms with Crippen LogP contribution in [0.4, 0.5) is 0 Å². The van der Waals surface area contributed by atoms with Crippen LogP contribution in [0.2, 0.25) is 0 Å². The van der Waals surface area contributed by atoms with Gasteiger partial charge in [-0.15, -0.1) is 0 Å². The van der Waals surface area contributed by atoms with E-state index in [1.54, 1.807) is 11.9 Å². The summed E-state index contributed by atoms with van der Waals surface area (Å²) in [6.07, 6.45) is 3.03. The molecule has 0 aliphatic heterocycles. The number of hydrogen-bond donors (Lipinski definition) is 1. The quantitative estimate of drug-likeness (QED) is 0.597. The molecule has 0 aromatic rings. The maximum Gasteiger partial charge on any atom is 0.332 e. The summed E-state index contributed by atoms with van der Waals surface area (Å²) in [7, 11) is 1.72. The monoisotopic (exact) mass is 141 g/mol. The predicted molar refractivity (Wildman–Crippen MR) is 39.4 cm³/mol. The van der Waals surface area contributed by atoms with E-state index in [1.165, 1.54) is 19.3 Å². The first-order chi connectivity index (χ1) is 4.57. The molecular formula is C7H11NO2. The van der Waals surface area contributed by atoms with Crippen LogP contribution in [0.1, 0.15) is 6.92 Å². The van der Waals surface area contributed by atoms with Crippen molar-refractivity contribution in [1.82, 2.24) is 4.90 Å². The molecule has 0 spiro atoms. The van der Waals surface area contributed by atoms with Crippen molar-refractivity contribution in [2.45, 2.75) is 6.92 Å². The topological polar surface area (TPSA) is 40.5 Å². The van der Waals surface area contributed by atoms with Gasteiger partial charge in [0.2, 0.25) is 0 Å². The van der Waals surface area contributed by atoms with Crippen LogP contribution in [-0.4, -0.2) is 23.0 Å². The maximum atomic E-state index is 10.2. The fourth-order valence-corrected chi connectivity index (χ4v) is 0.413. The summed E-state index contributed by atoms with van der Waals surface area (Å²) in [4.78, 5) is 11.8. The Morgan fingerprint density at radius 2 is 2.20 bits per heavy atom. The fourth-order valence-electron chi connectivity index (χ4n) is 0.413. The molecule has 0 fully saturated rings. The van der Waals surface area contributed by atoms with E-state index in [2.05, 4.69) is 6.58 Å². The average Bonchev–Trinajstić information content (AvgIpc) is 1.87. The Morgan fingerprint density at radius 3 is 2.50 bits per heavy atom. The van der Waals surface area contributed by atoms with Crippen molar-refractivity contribution >= 4 is 5.97 Å². The van der Waals surface area contributed by atoms with E-state index in [0.29, 0.717) is 5.57 Å². The van der Waals surface area contributed by atoms with Gasteiger partial charge in [-0.05, 0) is 13.1 Å². The third kappa shape index (κ3) is 2.91. The Balaban J connectivity index is 4.15. The summed E-state index contributed by atoms with van der Waals surface area (Å²) < 4.78 is 0. The second kappa shape index (κ2) is 3.71. The van der Waals surface area contributed by atoms with E-state index in [9.17, 15) is 4.79 Å². The third-order valence-electron chi connectivity index (χ3n) is 1.02. The van der Waals surface area contributed by atoms with Crippen molar-refractivity contribution in [3.63, 3.8) is 0 Å². The Morgan fingerprint density at radius 1 is 1.70 bits per heavy atom. The Hall–Kier alpha value is -1.25. The first kappa shape index (κ1) is 8.75. The molecule has 3 heteroatoms. The van der Waals surface area contributed by atoms with Crippen LogP contribution in [-0.2, 0) is 4.79 Å². The van der Waals surface area contributed by atoms with E-state index in [1.807, 2.05) is 0 Å². The highest BCUT2D eigenvalue weighted by Gasteiger charge is 1.98. The maximum absolute atomic E-state index is 10.2. The smallest absolute Gasteiger partial charge is 0.332 e. The molecule has 0 amide bonds. The minimum atomic E-state index is -0.909. The summed E-state index contributed by atoms with van der Waals surface area (Å²) >= 11 is 0. The average molecular weight is 141 g/mol. The van der Waals surface area contributed by atoms with Gasteiger partial charge in [-0.3, -0.25) is 0 Å². The Bertz CT molecular complexity index is 172. The molecule has 3 nitrogen and oxygen atoms in total. The second-order valence-corrected chi connectivity index (χ2v) is 1.97. The molecule has 0 heterocycles. The largest absolute Gasteiger partial charge is 0.478 e. The highest BCUT2D eigenvalue weighted by molar-refractivity contribution is 5.85. The van der Waals surface area contributed by atoms with Crippen molar-refractivity contribution in [3.05, 3.63) is 24.6 Å². The molecule has 0 bridgehead atoms. The van der Waals surface area contributed by atoms with Crippen LogP contribution in [0, 0.1) is 0 Å². The molecule has 56 valence electrons. The molecule has 0 unspecified atom stereocenters. The third-order valence-corrected chi connectivity index (χ3v) is 1.02. The highest BCUT2D eigenvalue weighted by Crippen LogP contribution is 1.94. The molecule has 10 heavy (non-hydrogen) atoms. The Kier molecular flexibility index (Phi) is 3.25. The van der Waals surface area contributed by atoms with Crippen molar-refractivity contribution in [2.75, 3.05) is 7.05 Å². The lowest BCUT2D eigenvalue weighted by Crippen LogP contribution is -2.05. The molecule has 0 rings (SSSR count). The minimum absolute atomic E-state index is 0.294. The lowest BCUT2D eigenvalue weighted by atomic mass is 10.3. The molecule has 0 aliphatic carbocycles. The van der Waals surface area contributed by atoms with Gasteiger partial charge in [0.05, 0.1) is 5.57 Å². The van der Waals surface area contributed by atoms with Gasteiger partial charge in [-0.25, -0.2) is 4.79 Å². The van der Waals surface area contributed by atoms with Crippen LogP contribution in [0.5, 0.6) is 0 Å². The van der Waals surface area contributed by atoms with Crippen molar-refractivity contribution in [2.24, 2.45) is 0 Å². The van der Waals surface area contributed by atoms with Crippen molar-refractivity contribution in [1.29, 1.82) is 0 Å². The SMILES string of the molecule is C=CN(C)/C=C(\C)C(=O)O. The molecule has 0 atom stereocenters. The van der Waals surface area contributed by atoms with Crippen LogP contribution < -0.4 is 0 Å². The summed E-state index contributed by atoms with van der Waals surface area (Å²) in [6, 6.07) is 0. The molecule has 0 aromatic carbocycles. The number of rotatable bonds is 3. The van der Waals surface area contributed by atoms with Gasteiger partial charge in [0.1, 0.15) is 0 Å². The number of carboxylic acids is 1. The standard InChI is InChI=1S/C7H11NO2/c1-4-8(3)5-6(2)7(9)10/h4-5H,1H2,2-3H3,(H,9,10)/b6-5+. The second-order valence-electron chi connectivity index (χ2n) is 1.97. The van der Waals surface area contributed by atoms with Crippen LogP contribution in [0.25, 0.3) is 0 Å². The van der Waals surface area contributed by atoms with Gasteiger partial charge < -0.3 is 10.0 Å². The van der Waals surface area contributed by atoms with E-state index < -0.39 is 5.97 Å². The summed E-state index contributed by atoms with van der Waals surface area (Å²) in [5.41, 5.74) is 0.294. The lowest BCUT2D eigenvalue weighted by Gasteiger charge is -2.05. The summed E-state index contributed by atoms with van der Waals surface area (Å²) in [6.45, 7) is 4.99. The number of hydrogen-bond acceptors (Lipinski definition) is 2. The molecule has 1 N–H and O–H groups in total. The Labute approximate surface area is 60.3 Å². The van der Waals surface area contributed by atoms with E-state index >= 15 is 0 Å². The van der Waals surface area contributed by atoms with Crippen molar-refractivity contribution < 1.29 is 9.90 Å². The van der Waals surface area contributed by atoms with Gasteiger partial charge in [-0.2, -0.15) is 0 Å². The van der Waals surface area contributed by atoms with Gasteiger partial charge in [0, 0.05) is 13.2 Å². The molecule has 0 aliphatic rings. The fraction of sp³-hybridized carbons (Fsp3) is 0.286. The minimum Gasteiger partial charge on any atom is -0.478 e. The van der Waals surface area contributed by atoms with Gasteiger partial charge >= 0.3 is 5.97 Å². The lowest BCUT2D eigenvalue weighted by molar-refractivity contribution is -0.132. The zero-order valence-corrected chi connectivity index (χ0v) is 6.16. The van der Waals surface area contributed by atoms with Crippen LogP contribution in [0.3, 0.4) is 0 Å². The number of aliphatic carboxylic acids is 1. The summed E-state index contributed by atoms with van der Waals surface area (Å²) in [5, 5.41) is 8.40. The van der Waals surface area contributed by atoms with Crippen molar-refractivity contribution in [3.8, 4) is 0 Å². The van der Waals surface area contributed by atoms with Crippen LogP contribution in [0.15, 0.2) is 24.6 Å². The van der Waals surface area contributed by atoms with Crippen LogP contribution >= 0.6 is 0 Å². The molecule has 0 saturated carbocycles. The zero-order valence-electron chi connectivity index (χ0n) is 6.16. The molecule has 0 aromatic heterocycles. The highest BCUT2D eigenvalue weighted by atomic mass is 16.4. The molecule has 0 radical (unpaired) electrons. The van der Waals surface area contributed by atoms with E-state index in [0.717, 1.165) is 0 Å².